The van der Waals surface area contributed by atoms with Crippen molar-refractivity contribution in [3.63, 3.8) is 0 Å². The summed E-state index contributed by atoms with van der Waals surface area (Å²) < 4.78 is 15.5. The molecule has 0 bridgehead atoms. The predicted octanol–water partition coefficient (Wildman–Crippen LogP) is 2.62. The van der Waals surface area contributed by atoms with Crippen molar-refractivity contribution in [1.82, 2.24) is 4.90 Å². The zero-order valence-electron chi connectivity index (χ0n) is 15.0. The van der Waals surface area contributed by atoms with Gasteiger partial charge in [-0.1, -0.05) is 24.3 Å². The fourth-order valence-corrected chi connectivity index (χ4v) is 3.21. The van der Waals surface area contributed by atoms with E-state index in [9.17, 15) is 9.59 Å². The lowest BCUT2D eigenvalue weighted by molar-refractivity contribution is -0.142. The van der Waals surface area contributed by atoms with Crippen molar-refractivity contribution in [3.05, 3.63) is 59.2 Å². The van der Waals surface area contributed by atoms with Crippen molar-refractivity contribution in [3.8, 4) is 11.5 Å². The minimum Gasteiger partial charge on any atom is -0.493 e. The fraction of sp³-hybridized carbons (Fsp3) is 0.300. The normalized spacial score (nSPS) is 14.0. The summed E-state index contributed by atoms with van der Waals surface area (Å²) in [6.07, 6.45) is 0. The Kier molecular flexibility index (Phi) is 5.11. The molecule has 1 aliphatic heterocycles. The number of hydrogen-bond acceptors (Lipinski definition) is 5. The van der Waals surface area contributed by atoms with Gasteiger partial charge in [-0.15, -0.1) is 0 Å². The topological polar surface area (TPSA) is 65.1 Å². The summed E-state index contributed by atoms with van der Waals surface area (Å²) >= 11 is 0. The number of fused-ring (bicyclic) bond motifs is 1. The first kappa shape index (κ1) is 17.8. The molecule has 0 saturated heterocycles. The smallest absolute Gasteiger partial charge is 0.314 e. The van der Waals surface area contributed by atoms with Crippen molar-refractivity contribution in [2.24, 2.45) is 0 Å². The largest absolute Gasteiger partial charge is 0.493 e. The molecule has 1 atom stereocenters. The number of carbonyl (C=O) groups is 2. The van der Waals surface area contributed by atoms with Gasteiger partial charge in [0.1, 0.15) is 0 Å². The van der Waals surface area contributed by atoms with Gasteiger partial charge >= 0.3 is 5.97 Å². The minimum atomic E-state index is -0.613. The van der Waals surface area contributed by atoms with Gasteiger partial charge in [-0.25, -0.2) is 0 Å². The van der Waals surface area contributed by atoms with Crippen molar-refractivity contribution >= 4 is 11.9 Å². The van der Waals surface area contributed by atoms with Crippen LogP contribution in [0.25, 0.3) is 0 Å². The quantitative estimate of drug-likeness (QED) is 0.746. The maximum Gasteiger partial charge on any atom is 0.314 e. The molecule has 1 unspecified atom stereocenters. The number of methoxy groups -OCH3 is 3. The number of esters is 1. The number of amides is 1. The molecule has 0 aromatic heterocycles. The molecule has 2 aromatic carbocycles. The molecule has 0 N–H and O–H groups in total. The van der Waals surface area contributed by atoms with Gasteiger partial charge in [-0.2, -0.15) is 0 Å². The zero-order chi connectivity index (χ0) is 18.7. The van der Waals surface area contributed by atoms with Crippen LogP contribution in [0.2, 0.25) is 0 Å². The lowest BCUT2D eigenvalue weighted by Gasteiger charge is -2.23. The van der Waals surface area contributed by atoms with E-state index in [0.29, 0.717) is 29.2 Å². The third kappa shape index (κ3) is 3.22. The van der Waals surface area contributed by atoms with Crippen LogP contribution in [-0.4, -0.2) is 44.7 Å². The van der Waals surface area contributed by atoms with Gasteiger partial charge < -0.3 is 19.1 Å². The molecule has 0 aliphatic carbocycles. The first-order chi connectivity index (χ1) is 12.6. The van der Waals surface area contributed by atoms with Crippen LogP contribution in [0.15, 0.2) is 42.5 Å². The Hall–Kier alpha value is -3.02. The lowest BCUT2D eigenvalue weighted by Crippen LogP contribution is -2.32. The zero-order valence-corrected chi connectivity index (χ0v) is 15.0. The molecule has 6 heteroatoms. The SMILES string of the molecule is COC(=O)C(CN1Cc2ccccc2C1=O)c1ccc(OC)c(OC)c1. The van der Waals surface area contributed by atoms with Crippen molar-refractivity contribution in [2.45, 2.75) is 12.5 Å². The van der Waals surface area contributed by atoms with Crippen LogP contribution in [-0.2, 0) is 16.1 Å². The summed E-state index contributed by atoms with van der Waals surface area (Å²) in [4.78, 5) is 26.7. The molecule has 3 rings (SSSR count). The molecule has 2 aromatic rings. The number of ether oxygens (including phenoxy) is 3. The Labute approximate surface area is 152 Å². The van der Waals surface area contributed by atoms with Crippen LogP contribution in [0.4, 0.5) is 0 Å². The lowest BCUT2D eigenvalue weighted by atomic mass is 9.98. The minimum absolute atomic E-state index is 0.0741. The third-order valence-corrected chi connectivity index (χ3v) is 4.59. The highest BCUT2D eigenvalue weighted by Gasteiger charge is 2.32. The molecule has 26 heavy (non-hydrogen) atoms. The summed E-state index contributed by atoms with van der Waals surface area (Å²) in [5.74, 6) is 0.00785. The number of carbonyl (C=O) groups excluding carboxylic acids is 2. The first-order valence-electron chi connectivity index (χ1n) is 8.26. The highest BCUT2D eigenvalue weighted by molar-refractivity contribution is 5.98. The number of hydrogen-bond donors (Lipinski definition) is 0. The van der Waals surface area contributed by atoms with E-state index in [0.717, 1.165) is 5.56 Å². The summed E-state index contributed by atoms with van der Waals surface area (Å²) in [6.45, 7) is 0.714. The molecule has 0 radical (unpaired) electrons. The first-order valence-corrected chi connectivity index (χ1v) is 8.26. The van der Waals surface area contributed by atoms with Crippen molar-refractivity contribution < 1.29 is 23.8 Å². The summed E-state index contributed by atoms with van der Waals surface area (Å²) in [6, 6.07) is 12.8. The van der Waals surface area contributed by atoms with E-state index >= 15 is 0 Å². The van der Waals surface area contributed by atoms with E-state index in [4.69, 9.17) is 14.2 Å². The van der Waals surface area contributed by atoms with Crippen LogP contribution >= 0.6 is 0 Å². The molecular weight excluding hydrogens is 334 g/mol. The van der Waals surface area contributed by atoms with Gasteiger partial charge in [-0.05, 0) is 29.3 Å². The summed E-state index contributed by atoms with van der Waals surface area (Å²) in [5.41, 5.74) is 2.36. The maximum atomic E-state index is 12.6. The highest BCUT2D eigenvalue weighted by Crippen LogP contribution is 2.33. The Morgan fingerprint density at radius 2 is 1.81 bits per heavy atom. The fourth-order valence-electron chi connectivity index (χ4n) is 3.21. The van der Waals surface area contributed by atoms with Crippen LogP contribution in [0.5, 0.6) is 11.5 Å². The maximum absolute atomic E-state index is 12.6. The second-order valence-corrected chi connectivity index (χ2v) is 6.03. The van der Waals surface area contributed by atoms with E-state index in [-0.39, 0.29) is 12.5 Å². The Bertz CT molecular complexity index is 833. The standard InChI is InChI=1S/C20H21NO5/c1-24-17-9-8-13(10-18(17)25-2)16(20(23)26-3)12-21-11-14-6-4-5-7-15(14)19(21)22/h4-10,16H,11-12H2,1-3H3. The van der Waals surface area contributed by atoms with Crippen LogP contribution in [0.3, 0.4) is 0 Å². The van der Waals surface area contributed by atoms with Gasteiger partial charge in [0.15, 0.2) is 11.5 Å². The predicted molar refractivity (Wildman–Crippen MR) is 95.5 cm³/mol. The summed E-state index contributed by atoms with van der Waals surface area (Å²) in [5, 5.41) is 0. The number of benzene rings is 2. The second-order valence-electron chi connectivity index (χ2n) is 6.03. The van der Waals surface area contributed by atoms with Crippen LogP contribution in [0, 0.1) is 0 Å². The van der Waals surface area contributed by atoms with Crippen molar-refractivity contribution in [2.75, 3.05) is 27.9 Å². The van der Waals surface area contributed by atoms with Gasteiger partial charge in [0.2, 0.25) is 0 Å². The number of nitrogens with zero attached hydrogens (tertiary/aromatic N) is 1. The molecule has 6 nitrogen and oxygen atoms in total. The van der Waals surface area contributed by atoms with Gasteiger partial charge in [-0.3, -0.25) is 9.59 Å². The van der Waals surface area contributed by atoms with Crippen LogP contribution < -0.4 is 9.47 Å². The molecule has 1 amide bonds. The van der Waals surface area contributed by atoms with E-state index in [1.807, 2.05) is 18.2 Å². The van der Waals surface area contributed by atoms with E-state index in [1.54, 1.807) is 36.3 Å². The molecule has 0 spiro atoms. The third-order valence-electron chi connectivity index (χ3n) is 4.59. The van der Waals surface area contributed by atoms with E-state index < -0.39 is 11.9 Å². The molecular formula is C20H21NO5. The molecule has 0 saturated carbocycles. The molecule has 1 heterocycles. The molecule has 0 fully saturated rings. The van der Waals surface area contributed by atoms with Crippen LogP contribution in [0.1, 0.15) is 27.4 Å². The number of rotatable bonds is 6. The van der Waals surface area contributed by atoms with E-state index in [1.165, 1.54) is 14.2 Å². The Balaban J connectivity index is 1.89. The Morgan fingerprint density at radius 3 is 2.46 bits per heavy atom. The van der Waals surface area contributed by atoms with Gasteiger partial charge in [0, 0.05) is 18.7 Å². The molecule has 1 aliphatic rings. The van der Waals surface area contributed by atoms with Crippen molar-refractivity contribution in [1.29, 1.82) is 0 Å². The van der Waals surface area contributed by atoms with Gasteiger partial charge in [0.25, 0.3) is 5.91 Å². The second kappa shape index (κ2) is 7.47. The Morgan fingerprint density at radius 1 is 1.08 bits per heavy atom. The monoisotopic (exact) mass is 355 g/mol. The average Bonchev–Trinajstić information content (AvgIpc) is 3.00. The summed E-state index contributed by atoms with van der Waals surface area (Å²) in [7, 11) is 4.43. The van der Waals surface area contributed by atoms with Gasteiger partial charge in [0.05, 0.1) is 27.2 Å². The molecule has 136 valence electrons. The average molecular weight is 355 g/mol. The van der Waals surface area contributed by atoms with E-state index in [2.05, 4.69) is 0 Å². The highest BCUT2D eigenvalue weighted by atomic mass is 16.5.